The van der Waals surface area contributed by atoms with Crippen molar-refractivity contribution in [3.63, 3.8) is 0 Å². The third-order valence-electron chi connectivity index (χ3n) is 2.30. The van der Waals surface area contributed by atoms with Crippen LogP contribution in [0.25, 0.3) is 0 Å². The molecule has 0 radical (unpaired) electrons. The van der Waals surface area contributed by atoms with Crippen LogP contribution >= 0.6 is 11.6 Å². The number of benzene rings is 1. The average Bonchev–Trinajstić information content (AvgIpc) is 2.25. The molecule has 88 valence electrons. The Labute approximate surface area is 100 Å². The topological polar surface area (TPSA) is 20.3 Å². The van der Waals surface area contributed by atoms with Crippen LogP contribution in [-0.4, -0.2) is 29.3 Å². The van der Waals surface area contributed by atoms with Crippen molar-refractivity contribution in [2.45, 2.75) is 19.9 Å². The van der Waals surface area contributed by atoms with Crippen LogP contribution in [-0.2, 0) is 0 Å². The molecular weight excluding hydrogens is 229 g/mol. The third kappa shape index (κ3) is 3.20. The van der Waals surface area contributed by atoms with Crippen LogP contribution < -0.4 is 0 Å². The SMILES string of the molecule is CC(C)N(CCCl)C(=O)c1ccc(F)cc1. The maximum atomic E-state index is 12.7. The zero-order valence-corrected chi connectivity index (χ0v) is 10.2. The van der Waals surface area contributed by atoms with Gasteiger partial charge in [-0.25, -0.2) is 4.39 Å². The van der Waals surface area contributed by atoms with Crippen molar-refractivity contribution in [1.29, 1.82) is 0 Å². The van der Waals surface area contributed by atoms with Crippen LogP contribution in [0.15, 0.2) is 24.3 Å². The molecule has 0 saturated carbocycles. The Morgan fingerprint density at radius 2 is 1.94 bits per heavy atom. The Bertz CT molecular complexity index is 351. The fraction of sp³-hybridized carbons (Fsp3) is 0.417. The van der Waals surface area contributed by atoms with E-state index in [9.17, 15) is 9.18 Å². The lowest BCUT2D eigenvalue weighted by Gasteiger charge is -2.25. The summed E-state index contributed by atoms with van der Waals surface area (Å²) in [6.07, 6.45) is 0. The first-order valence-corrected chi connectivity index (χ1v) is 5.72. The Hall–Kier alpha value is -1.09. The molecule has 1 aromatic rings. The van der Waals surface area contributed by atoms with Crippen molar-refractivity contribution in [2.75, 3.05) is 12.4 Å². The van der Waals surface area contributed by atoms with Crippen molar-refractivity contribution < 1.29 is 9.18 Å². The van der Waals surface area contributed by atoms with Gasteiger partial charge in [0.1, 0.15) is 5.82 Å². The fourth-order valence-electron chi connectivity index (χ4n) is 1.44. The van der Waals surface area contributed by atoms with Gasteiger partial charge in [0.2, 0.25) is 0 Å². The van der Waals surface area contributed by atoms with E-state index in [1.54, 1.807) is 4.90 Å². The second kappa shape index (κ2) is 5.85. The predicted molar refractivity (Wildman–Crippen MR) is 63.3 cm³/mol. The van der Waals surface area contributed by atoms with E-state index in [1.807, 2.05) is 13.8 Å². The molecule has 0 aromatic heterocycles. The second-order valence-corrected chi connectivity index (χ2v) is 4.17. The number of hydrogen-bond donors (Lipinski definition) is 0. The highest BCUT2D eigenvalue weighted by atomic mass is 35.5. The van der Waals surface area contributed by atoms with Crippen LogP contribution in [0.4, 0.5) is 4.39 Å². The van der Waals surface area contributed by atoms with Gasteiger partial charge < -0.3 is 4.90 Å². The molecule has 0 aliphatic rings. The van der Waals surface area contributed by atoms with E-state index in [4.69, 9.17) is 11.6 Å². The molecule has 1 amide bonds. The summed E-state index contributed by atoms with van der Waals surface area (Å²) in [7, 11) is 0. The molecule has 4 heteroatoms. The third-order valence-corrected chi connectivity index (χ3v) is 2.47. The summed E-state index contributed by atoms with van der Waals surface area (Å²) in [4.78, 5) is 13.7. The van der Waals surface area contributed by atoms with Crippen LogP contribution in [0, 0.1) is 5.82 Å². The average molecular weight is 244 g/mol. The molecule has 0 N–H and O–H groups in total. The number of rotatable bonds is 4. The van der Waals surface area contributed by atoms with Crippen LogP contribution in [0.1, 0.15) is 24.2 Å². The van der Waals surface area contributed by atoms with Crippen LogP contribution in [0.2, 0.25) is 0 Å². The van der Waals surface area contributed by atoms with E-state index in [1.165, 1.54) is 24.3 Å². The lowest BCUT2D eigenvalue weighted by atomic mass is 10.1. The van der Waals surface area contributed by atoms with E-state index in [-0.39, 0.29) is 17.8 Å². The number of halogens is 2. The summed E-state index contributed by atoms with van der Waals surface area (Å²) in [6.45, 7) is 4.34. The summed E-state index contributed by atoms with van der Waals surface area (Å²) in [5, 5.41) is 0. The van der Waals surface area contributed by atoms with Gasteiger partial charge in [-0.05, 0) is 38.1 Å². The van der Waals surface area contributed by atoms with E-state index < -0.39 is 0 Å². The standard InChI is InChI=1S/C12H15ClFNO/c1-9(2)15(8-7-13)12(16)10-3-5-11(14)6-4-10/h3-6,9H,7-8H2,1-2H3. The Morgan fingerprint density at radius 3 is 2.38 bits per heavy atom. The minimum atomic E-state index is -0.343. The smallest absolute Gasteiger partial charge is 0.254 e. The van der Waals surface area contributed by atoms with Crippen LogP contribution in [0.3, 0.4) is 0 Å². The number of alkyl halides is 1. The van der Waals surface area contributed by atoms with Crippen molar-refractivity contribution >= 4 is 17.5 Å². The maximum absolute atomic E-state index is 12.7. The quantitative estimate of drug-likeness (QED) is 0.745. The molecule has 1 aromatic carbocycles. The molecule has 1 rings (SSSR count). The minimum absolute atomic E-state index is 0.0799. The molecule has 0 spiro atoms. The molecule has 2 nitrogen and oxygen atoms in total. The van der Waals surface area contributed by atoms with Gasteiger partial charge >= 0.3 is 0 Å². The highest BCUT2D eigenvalue weighted by Gasteiger charge is 2.17. The molecule has 0 aliphatic carbocycles. The molecule has 0 heterocycles. The molecule has 0 saturated heterocycles. The summed E-state index contributed by atoms with van der Waals surface area (Å²) < 4.78 is 12.7. The monoisotopic (exact) mass is 243 g/mol. The van der Waals surface area contributed by atoms with Gasteiger partial charge in [-0.1, -0.05) is 0 Å². The van der Waals surface area contributed by atoms with Crippen molar-refractivity contribution in [3.8, 4) is 0 Å². The summed E-state index contributed by atoms with van der Waals surface area (Å²) >= 11 is 5.64. The molecule has 0 atom stereocenters. The Kier molecular flexibility index (Phi) is 4.74. The summed E-state index contributed by atoms with van der Waals surface area (Å²) in [5.41, 5.74) is 0.486. The molecule has 0 fully saturated rings. The molecule has 0 bridgehead atoms. The minimum Gasteiger partial charge on any atom is -0.335 e. The first-order valence-electron chi connectivity index (χ1n) is 5.18. The highest BCUT2D eigenvalue weighted by molar-refractivity contribution is 6.18. The Morgan fingerprint density at radius 1 is 1.38 bits per heavy atom. The van der Waals surface area contributed by atoms with Gasteiger partial charge in [-0.2, -0.15) is 0 Å². The van der Waals surface area contributed by atoms with Gasteiger partial charge in [0.15, 0.2) is 0 Å². The van der Waals surface area contributed by atoms with E-state index in [2.05, 4.69) is 0 Å². The lowest BCUT2D eigenvalue weighted by Crippen LogP contribution is -2.38. The highest BCUT2D eigenvalue weighted by Crippen LogP contribution is 2.09. The maximum Gasteiger partial charge on any atom is 0.254 e. The molecule has 16 heavy (non-hydrogen) atoms. The Balaban J connectivity index is 2.86. The van der Waals surface area contributed by atoms with E-state index in [0.29, 0.717) is 18.0 Å². The van der Waals surface area contributed by atoms with Crippen LogP contribution in [0.5, 0.6) is 0 Å². The van der Waals surface area contributed by atoms with E-state index in [0.717, 1.165) is 0 Å². The van der Waals surface area contributed by atoms with Gasteiger partial charge in [-0.3, -0.25) is 4.79 Å². The first kappa shape index (κ1) is 13.0. The zero-order valence-electron chi connectivity index (χ0n) is 9.41. The first-order chi connectivity index (χ1) is 7.56. The van der Waals surface area contributed by atoms with Gasteiger partial charge in [0.25, 0.3) is 5.91 Å². The fourth-order valence-corrected chi connectivity index (χ4v) is 1.63. The molecule has 0 aliphatic heterocycles. The number of carbonyl (C=O) groups is 1. The summed E-state index contributed by atoms with van der Waals surface area (Å²) in [6, 6.07) is 5.62. The van der Waals surface area contributed by atoms with Gasteiger partial charge in [-0.15, -0.1) is 11.6 Å². The summed E-state index contributed by atoms with van der Waals surface area (Å²) in [5.74, 6) is -0.0638. The second-order valence-electron chi connectivity index (χ2n) is 3.79. The number of amides is 1. The number of carbonyl (C=O) groups excluding carboxylic acids is 1. The zero-order chi connectivity index (χ0) is 12.1. The van der Waals surface area contributed by atoms with E-state index >= 15 is 0 Å². The molecular formula is C12H15ClFNO. The predicted octanol–water partition coefficient (Wildman–Crippen LogP) is 2.92. The van der Waals surface area contributed by atoms with Gasteiger partial charge in [0.05, 0.1) is 0 Å². The van der Waals surface area contributed by atoms with Gasteiger partial charge in [0, 0.05) is 24.0 Å². The number of nitrogens with zero attached hydrogens (tertiary/aromatic N) is 1. The van der Waals surface area contributed by atoms with Crippen molar-refractivity contribution in [3.05, 3.63) is 35.6 Å². The van der Waals surface area contributed by atoms with Crippen molar-refractivity contribution in [1.82, 2.24) is 4.90 Å². The molecule has 0 unspecified atom stereocenters. The lowest BCUT2D eigenvalue weighted by molar-refractivity contribution is 0.0718. The normalized spacial score (nSPS) is 10.6. The van der Waals surface area contributed by atoms with Crippen molar-refractivity contribution in [2.24, 2.45) is 0 Å². The number of hydrogen-bond acceptors (Lipinski definition) is 1. The largest absolute Gasteiger partial charge is 0.335 e.